The van der Waals surface area contributed by atoms with Crippen molar-refractivity contribution in [3.8, 4) is 0 Å². The van der Waals surface area contributed by atoms with Gasteiger partial charge in [0.25, 0.3) is 5.24 Å². The molecule has 2 heterocycles. The third kappa shape index (κ3) is 1.80. The summed E-state index contributed by atoms with van der Waals surface area (Å²) in [7, 11) is 0. The first kappa shape index (κ1) is 10.3. The Morgan fingerprint density at radius 1 is 1.29 bits per heavy atom. The van der Waals surface area contributed by atoms with Crippen LogP contribution in [-0.4, -0.2) is 26.6 Å². The van der Waals surface area contributed by atoms with E-state index in [2.05, 4.69) is 15.5 Å². The monoisotopic (exact) mass is 247 g/mol. The van der Waals surface area contributed by atoms with Crippen molar-refractivity contribution in [2.75, 3.05) is 0 Å². The zero-order valence-electron chi connectivity index (χ0n) is 8.77. The van der Waals surface area contributed by atoms with Gasteiger partial charge in [0.15, 0.2) is 0 Å². The Labute approximate surface area is 101 Å². The summed E-state index contributed by atoms with van der Waals surface area (Å²) in [5.74, 6) is -0.230. The van der Waals surface area contributed by atoms with E-state index in [-0.39, 0.29) is 16.4 Å². The van der Waals surface area contributed by atoms with Gasteiger partial charge in [-0.05, 0) is 6.07 Å². The molecule has 2 amide bonds. The second kappa shape index (κ2) is 3.89. The van der Waals surface area contributed by atoms with Crippen LogP contribution in [0.15, 0.2) is 24.3 Å². The fourth-order valence-corrected chi connectivity index (χ4v) is 2.70. The molecule has 1 atom stereocenters. The van der Waals surface area contributed by atoms with Gasteiger partial charge in [-0.15, -0.1) is 0 Å². The van der Waals surface area contributed by atoms with Gasteiger partial charge in [0.1, 0.15) is 0 Å². The van der Waals surface area contributed by atoms with Crippen molar-refractivity contribution in [3.63, 3.8) is 0 Å². The summed E-state index contributed by atoms with van der Waals surface area (Å²) in [5.41, 5.74) is 1.76. The van der Waals surface area contributed by atoms with E-state index in [0.29, 0.717) is 6.42 Å². The normalized spacial score (nSPS) is 19.9. The summed E-state index contributed by atoms with van der Waals surface area (Å²) < 4.78 is 0. The number of nitrogens with one attached hydrogen (secondary N) is 2. The summed E-state index contributed by atoms with van der Waals surface area (Å²) in [5, 5.41) is 9.73. The molecule has 0 radical (unpaired) electrons. The number of imide groups is 1. The lowest BCUT2D eigenvalue weighted by Gasteiger charge is -2.01. The first-order valence-corrected chi connectivity index (χ1v) is 6.05. The number of H-pyrrole nitrogens is 1. The summed E-state index contributed by atoms with van der Waals surface area (Å²) in [6, 6.07) is 7.73. The van der Waals surface area contributed by atoms with Crippen LogP contribution in [0.25, 0.3) is 10.9 Å². The topological polar surface area (TPSA) is 74.8 Å². The number of benzene rings is 1. The molecule has 1 aliphatic heterocycles. The van der Waals surface area contributed by atoms with Crippen LogP contribution in [0.1, 0.15) is 5.69 Å². The predicted octanol–water partition coefficient (Wildman–Crippen LogP) is 1.46. The van der Waals surface area contributed by atoms with Crippen molar-refractivity contribution in [1.82, 2.24) is 15.5 Å². The molecule has 5 nitrogen and oxygen atoms in total. The predicted molar refractivity (Wildman–Crippen MR) is 64.7 cm³/mol. The van der Waals surface area contributed by atoms with Gasteiger partial charge in [0, 0.05) is 11.8 Å². The van der Waals surface area contributed by atoms with E-state index < -0.39 is 0 Å². The van der Waals surface area contributed by atoms with Crippen molar-refractivity contribution < 1.29 is 9.59 Å². The largest absolute Gasteiger partial charge is 0.286 e. The SMILES string of the molecule is O=C1NC(=O)C(Cc2n[nH]c3ccccc23)S1. The minimum atomic E-state index is -0.366. The zero-order valence-corrected chi connectivity index (χ0v) is 9.58. The Morgan fingerprint density at radius 2 is 2.12 bits per heavy atom. The molecule has 1 fully saturated rings. The number of carbonyl (C=O) groups is 2. The number of rotatable bonds is 2. The van der Waals surface area contributed by atoms with Gasteiger partial charge in [0.05, 0.1) is 16.5 Å². The number of aromatic nitrogens is 2. The summed E-state index contributed by atoms with van der Waals surface area (Å²) >= 11 is 1.03. The molecule has 0 spiro atoms. The molecule has 17 heavy (non-hydrogen) atoms. The van der Waals surface area contributed by atoms with E-state index in [1.54, 1.807) is 0 Å². The molecule has 0 aliphatic carbocycles. The quantitative estimate of drug-likeness (QED) is 0.842. The van der Waals surface area contributed by atoms with Crippen LogP contribution in [0.3, 0.4) is 0 Å². The van der Waals surface area contributed by atoms with Gasteiger partial charge in [-0.3, -0.25) is 20.0 Å². The molecule has 1 unspecified atom stereocenters. The molecule has 0 bridgehead atoms. The summed E-state index contributed by atoms with van der Waals surface area (Å²) in [6.45, 7) is 0. The molecule has 0 saturated carbocycles. The van der Waals surface area contributed by atoms with Crippen molar-refractivity contribution in [1.29, 1.82) is 0 Å². The highest BCUT2D eigenvalue weighted by atomic mass is 32.2. The molecule has 1 aromatic heterocycles. The minimum Gasteiger partial charge on any atom is -0.286 e. The molecule has 3 rings (SSSR count). The molecule has 2 N–H and O–H groups in total. The van der Waals surface area contributed by atoms with E-state index in [0.717, 1.165) is 28.4 Å². The second-order valence-electron chi connectivity index (χ2n) is 3.80. The maximum Gasteiger partial charge on any atom is 0.286 e. The second-order valence-corrected chi connectivity index (χ2v) is 4.98. The third-order valence-electron chi connectivity index (χ3n) is 2.70. The summed E-state index contributed by atoms with van der Waals surface area (Å²) in [6.07, 6.45) is 0.465. The molecular weight excluding hydrogens is 238 g/mol. The number of carbonyl (C=O) groups excluding carboxylic acids is 2. The maximum atomic E-state index is 11.5. The Kier molecular flexibility index (Phi) is 2.36. The number of hydrogen-bond acceptors (Lipinski definition) is 4. The Balaban J connectivity index is 1.90. The Morgan fingerprint density at radius 3 is 2.88 bits per heavy atom. The number of fused-ring (bicyclic) bond motifs is 1. The van der Waals surface area contributed by atoms with E-state index in [1.165, 1.54) is 0 Å². The first-order chi connectivity index (χ1) is 8.24. The van der Waals surface area contributed by atoms with Crippen LogP contribution in [0.5, 0.6) is 0 Å². The lowest BCUT2D eigenvalue weighted by Crippen LogP contribution is -2.25. The number of aromatic amines is 1. The minimum absolute atomic E-state index is 0.230. The zero-order chi connectivity index (χ0) is 11.8. The smallest absolute Gasteiger partial charge is 0.286 e. The fraction of sp³-hybridized carbons (Fsp3) is 0.182. The third-order valence-corrected chi connectivity index (χ3v) is 3.68. The molecular formula is C11H9N3O2S. The van der Waals surface area contributed by atoms with Gasteiger partial charge in [0.2, 0.25) is 5.91 Å². The molecule has 1 aromatic carbocycles. The highest BCUT2D eigenvalue weighted by Crippen LogP contribution is 2.25. The number of nitrogens with zero attached hydrogens (tertiary/aromatic N) is 1. The van der Waals surface area contributed by atoms with Gasteiger partial charge in [-0.2, -0.15) is 5.10 Å². The highest BCUT2D eigenvalue weighted by Gasteiger charge is 2.32. The number of amides is 2. The number of para-hydroxylation sites is 1. The molecule has 86 valence electrons. The standard InChI is InChI=1S/C11H9N3O2S/c15-10-9(17-11(16)12-10)5-8-6-3-1-2-4-7(6)13-14-8/h1-4,9H,5H2,(H,13,14)(H,12,15,16). The van der Waals surface area contributed by atoms with Gasteiger partial charge in [-0.1, -0.05) is 30.0 Å². The van der Waals surface area contributed by atoms with Crippen LogP contribution >= 0.6 is 11.8 Å². The van der Waals surface area contributed by atoms with E-state index in [4.69, 9.17) is 0 Å². The van der Waals surface area contributed by atoms with E-state index in [9.17, 15) is 9.59 Å². The van der Waals surface area contributed by atoms with Crippen LogP contribution < -0.4 is 5.32 Å². The Bertz CT molecular complexity index is 608. The number of thioether (sulfide) groups is 1. The van der Waals surface area contributed by atoms with Crippen molar-refractivity contribution in [2.45, 2.75) is 11.7 Å². The summed E-state index contributed by atoms with van der Waals surface area (Å²) in [4.78, 5) is 22.5. The average Bonchev–Trinajstić information content (AvgIpc) is 2.85. The van der Waals surface area contributed by atoms with Gasteiger partial charge < -0.3 is 0 Å². The van der Waals surface area contributed by atoms with Crippen LogP contribution in [0, 0.1) is 0 Å². The van der Waals surface area contributed by atoms with Gasteiger partial charge >= 0.3 is 0 Å². The van der Waals surface area contributed by atoms with Crippen LogP contribution in [0.2, 0.25) is 0 Å². The van der Waals surface area contributed by atoms with E-state index >= 15 is 0 Å². The molecule has 2 aromatic rings. The number of hydrogen-bond donors (Lipinski definition) is 2. The maximum absolute atomic E-state index is 11.5. The lowest BCUT2D eigenvalue weighted by atomic mass is 10.1. The highest BCUT2D eigenvalue weighted by molar-refractivity contribution is 8.15. The Hall–Kier alpha value is -1.82. The first-order valence-electron chi connectivity index (χ1n) is 5.17. The van der Waals surface area contributed by atoms with Crippen LogP contribution in [-0.2, 0) is 11.2 Å². The van der Waals surface area contributed by atoms with Crippen molar-refractivity contribution in [3.05, 3.63) is 30.0 Å². The van der Waals surface area contributed by atoms with Crippen LogP contribution in [0.4, 0.5) is 4.79 Å². The van der Waals surface area contributed by atoms with E-state index in [1.807, 2.05) is 24.3 Å². The van der Waals surface area contributed by atoms with Gasteiger partial charge in [-0.25, -0.2) is 0 Å². The van der Waals surface area contributed by atoms with Crippen molar-refractivity contribution >= 4 is 33.8 Å². The molecule has 1 saturated heterocycles. The fourth-order valence-electron chi connectivity index (χ4n) is 1.88. The lowest BCUT2D eigenvalue weighted by molar-refractivity contribution is -0.118. The molecule has 6 heteroatoms. The molecule has 1 aliphatic rings. The van der Waals surface area contributed by atoms with Crippen molar-refractivity contribution in [2.24, 2.45) is 0 Å². The average molecular weight is 247 g/mol.